The Morgan fingerprint density at radius 3 is 3.00 bits per heavy atom. The fourth-order valence-corrected chi connectivity index (χ4v) is 1.81. The fraction of sp³-hybridized carbons (Fsp3) is 0.0833. The summed E-state index contributed by atoms with van der Waals surface area (Å²) in [7, 11) is 0. The summed E-state index contributed by atoms with van der Waals surface area (Å²) in [5.41, 5.74) is 8.42. The van der Waals surface area contributed by atoms with Gasteiger partial charge in [-0.1, -0.05) is 18.2 Å². The van der Waals surface area contributed by atoms with Crippen LogP contribution in [0.4, 0.5) is 0 Å². The van der Waals surface area contributed by atoms with Crippen molar-refractivity contribution in [1.29, 1.82) is 0 Å². The van der Waals surface area contributed by atoms with E-state index in [9.17, 15) is 0 Å². The molecule has 0 spiro atoms. The maximum absolute atomic E-state index is 5.47. The number of para-hydroxylation sites is 1. The third-order valence-electron chi connectivity index (χ3n) is 2.59. The molecule has 2 heterocycles. The second kappa shape index (κ2) is 3.50. The van der Waals surface area contributed by atoms with E-state index >= 15 is 0 Å². The average Bonchev–Trinajstić information content (AvgIpc) is 2.94. The van der Waals surface area contributed by atoms with E-state index in [-0.39, 0.29) is 0 Å². The monoisotopic (exact) mass is 213 g/mol. The topological polar surface area (TPSA) is 67.8 Å². The van der Waals surface area contributed by atoms with E-state index in [1.165, 1.54) is 0 Å². The highest BCUT2D eigenvalue weighted by atomic mass is 16.3. The molecule has 4 nitrogen and oxygen atoms in total. The lowest BCUT2D eigenvalue weighted by Crippen LogP contribution is -1.95. The van der Waals surface area contributed by atoms with E-state index in [0.717, 1.165) is 22.2 Å². The maximum Gasteiger partial charge on any atom is 0.208 e. The van der Waals surface area contributed by atoms with Crippen molar-refractivity contribution >= 4 is 10.9 Å². The van der Waals surface area contributed by atoms with Gasteiger partial charge in [-0.3, -0.25) is 0 Å². The van der Waals surface area contributed by atoms with Crippen LogP contribution in [-0.4, -0.2) is 9.97 Å². The maximum atomic E-state index is 5.47. The largest absolute Gasteiger partial charge is 0.447 e. The first-order valence-electron chi connectivity index (χ1n) is 5.09. The van der Waals surface area contributed by atoms with Gasteiger partial charge in [0, 0.05) is 22.7 Å². The number of H-pyrrole nitrogens is 1. The van der Waals surface area contributed by atoms with Crippen LogP contribution in [0.1, 0.15) is 5.89 Å². The highest BCUT2D eigenvalue weighted by molar-refractivity contribution is 5.94. The summed E-state index contributed by atoms with van der Waals surface area (Å²) in [6.45, 7) is 0.322. The Kier molecular flexibility index (Phi) is 2.01. The van der Waals surface area contributed by atoms with E-state index in [1.54, 1.807) is 6.26 Å². The number of aromatic nitrogens is 2. The van der Waals surface area contributed by atoms with E-state index in [4.69, 9.17) is 10.2 Å². The standard InChI is InChI=1S/C12H11N3O/c13-5-12-15-11(7-16-12)9-6-14-10-4-2-1-3-8(9)10/h1-4,6-7,14H,5,13H2. The molecule has 0 amide bonds. The first kappa shape index (κ1) is 9.18. The van der Waals surface area contributed by atoms with Crippen LogP contribution < -0.4 is 5.73 Å². The molecule has 1 aromatic carbocycles. The highest BCUT2D eigenvalue weighted by Crippen LogP contribution is 2.27. The van der Waals surface area contributed by atoms with Gasteiger partial charge >= 0.3 is 0 Å². The molecule has 3 rings (SSSR count). The number of nitrogens with two attached hydrogens (primary N) is 1. The summed E-state index contributed by atoms with van der Waals surface area (Å²) in [6.07, 6.45) is 3.57. The highest BCUT2D eigenvalue weighted by Gasteiger charge is 2.09. The van der Waals surface area contributed by atoms with Gasteiger partial charge in [-0.05, 0) is 6.07 Å². The van der Waals surface area contributed by atoms with Crippen LogP contribution in [0, 0.1) is 0 Å². The van der Waals surface area contributed by atoms with Crippen molar-refractivity contribution in [2.24, 2.45) is 5.73 Å². The lowest BCUT2D eigenvalue weighted by molar-refractivity contribution is 0.498. The SMILES string of the molecule is NCc1nc(-c2c[nH]c3ccccc23)co1. The smallest absolute Gasteiger partial charge is 0.208 e. The number of aromatic amines is 1. The fourth-order valence-electron chi connectivity index (χ4n) is 1.81. The predicted molar refractivity (Wildman–Crippen MR) is 61.7 cm³/mol. The minimum Gasteiger partial charge on any atom is -0.447 e. The molecule has 3 N–H and O–H groups in total. The van der Waals surface area contributed by atoms with Crippen LogP contribution in [0.25, 0.3) is 22.2 Å². The molecule has 4 heteroatoms. The molecular formula is C12H11N3O. The number of oxazole rings is 1. The molecule has 80 valence electrons. The van der Waals surface area contributed by atoms with Gasteiger partial charge in [0.25, 0.3) is 0 Å². The summed E-state index contributed by atoms with van der Waals surface area (Å²) in [5, 5.41) is 1.14. The first-order valence-corrected chi connectivity index (χ1v) is 5.09. The predicted octanol–water partition coefficient (Wildman–Crippen LogP) is 2.28. The molecule has 0 radical (unpaired) electrons. The second-order valence-electron chi connectivity index (χ2n) is 3.58. The van der Waals surface area contributed by atoms with Crippen LogP contribution >= 0.6 is 0 Å². The summed E-state index contributed by atoms with van der Waals surface area (Å²) >= 11 is 0. The number of benzene rings is 1. The normalized spacial score (nSPS) is 11.1. The number of rotatable bonds is 2. The minimum atomic E-state index is 0.322. The lowest BCUT2D eigenvalue weighted by atomic mass is 10.1. The summed E-state index contributed by atoms with van der Waals surface area (Å²) in [5.74, 6) is 0.556. The molecule has 0 bridgehead atoms. The third kappa shape index (κ3) is 1.31. The van der Waals surface area contributed by atoms with Crippen LogP contribution in [0.15, 0.2) is 41.1 Å². The van der Waals surface area contributed by atoms with Gasteiger partial charge in [-0.15, -0.1) is 0 Å². The number of fused-ring (bicyclic) bond motifs is 1. The van der Waals surface area contributed by atoms with Gasteiger partial charge in [-0.25, -0.2) is 4.98 Å². The van der Waals surface area contributed by atoms with Crippen molar-refractivity contribution in [2.75, 3.05) is 0 Å². The molecule has 2 aromatic heterocycles. The number of nitrogens with one attached hydrogen (secondary N) is 1. The van der Waals surface area contributed by atoms with Crippen molar-refractivity contribution < 1.29 is 4.42 Å². The molecule has 0 saturated heterocycles. The Bertz CT molecular complexity index is 624. The third-order valence-corrected chi connectivity index (χ3v) is 2.59. The van der Waals surface area contributed by atoms with Crippen LogP contribution in [-0.2, 0) is 6.54 Å². The van der Waals surface area contributed by atoms with Crippen LogP contribution in [0.3, 0.4) is 0 Å². The molecule has 0 saturated carbocycles. The molecule has 0 fully saturated rings. The van der Waals surface area contributed by atoms with Gasteiger partial charge in [0.2, 0.25) is 5.89 Å². The van der Waals surface area contributed by atoms with E-state index in [1.807, 2.05) is 24.4 Å². The summed E-state index contributed by atoms with van der Waals surface area (Å²) in [6, 6.07) is 8.08. The molecule has 0 aliphatic heterocycles. The number of nitrogens with zero attached hydrogens (tertiary/aromatic N) is 1. The molecule has 0 aliphatic rings. The van der Waals surface area contributed by atoms with Gasteiger partial charge < -0.3 is 15.1 Å². The van der Waals surface area contributed by atoms with E-state index in [0.29, 0.717) is 12.4 Å². The number of hydrogen-bond acceptors (Lipinski definition) is 3. The Morgan fingerprint density at radius 1 is 1.31 bits per heavy atom. The van der Waals surface area contributed by atoms with Crippen molar-refractivity contribution in [1.82, 2.24) is 9.97 Å². The zero-order chi connectivity index (χ0) is 11.0. The van der Waals surface area contributed by atoms with Crippen LogP contribution in [0.5, 0.6) is 0 Å². The second-order valence-corrected chi connectivity index (χ2v) is 3.58. The van der Waals surface area contributed by atoms with Gasteiger partial charge in [-0.2, -0.15) is 0 Å². The van der Waals surface area contributed by atoms with Crippen molar-refractivity contribution in [2.45, 2.75) is 6.54 Å². The van der Waals surface area contributed by atoms with Gasteiger partial charge in [0.1, 0.15) is 12.0 Å². The summed E-state index contributed by atoms with van der Waals surface area (Å²) < 4.78 is 5.24. The Morgan fingerprint density at radius 2 is 2.19 bits per heavy atom. The Labute approximate surface area is 92.1 Å². The van der Waals surface area contributed by atoms with Crippen LogP contribution in [0.2, 0.25) is 0 Å². The van der Waals surface area contributed by atoms with Crippen molar-refractivity contribution in [3.05, 3.63) is 42.6 Å². The number of hydrogen-bond donors (Lipinski definition) is 2. The molecule has 0 atom stereocenters. The van der Waals surface area contributed by atoms with Gasteiger partial charge in [0.15, 0.2) is 0 Å². The lowest BCUT2D eigenvalue weighted by Gasteiger charge is -1.92. The quantitative estimate of drug-likeness (QED) is 0.686. The van der Waals surface area contributed by atoms with E-state index in [2.05, 4.69) is 16.0 Å². The van der Waals surface area contributed by atoms with Gasteiger partial charge in [0.05, 0.1) is 6.54 Å². The zero-order valence-electron chi connectivity index (χ0n) is 8.60. The average molecular weight is 213 g/mol. The van der Waals surface area contributed by atoms with Crippen molar-refractivity contribution in [3.63, 3.8) is 0 Å². The zero-order valence-corrected chi connectivity index (χ0v) is 8.60. The Balaban J connectivity index is 2.18. The molecule has 0 aliphatic carbocycles. The molecule has 3 aromatic rings. The van der Waals surface area contributed by atoms with Crippen molar-refractivity contribution in [3.8, 4) is 11.3 Å². The Hall–Kier alpha value is -2.07. The molecular weight excluding hydrogens is 202 g/mol. The molecule has 16 heavy (non-hydrogen) atoms. The first-order chi connectivity index (χ1) is 7.88. The molecule has 0 unspecified atom stereocenters. The summed E-state index contributed by atoms with van der Waals surface area (Å²) in [4.78, 5) is 7.51. The minimum absolute atomic E-state index is 0.322. The van der Waals surface area contributed by atoms with E-state index < -0.39 is 0 Å².